The third-order valence-corrected chi connectivity index (χ3v) is 3.38. The first-order chi connectivity index (χ1) is 8.25. The summed E-state index contributed by atoms with van der Waals surface area (Å²) in [6.45, 7) is 2.47. The van der Waals surface area contributed by atoms with Gasteiger partial charge in [-0.3, -0.25) is 4.79 Å². The molecule has 1 fully saturated rings. The van der Waals surface area contributed by atoms with E-state index in [-0.39, 0.29) is 11.9 Å². The molecule has 88 valence electrons. The molecule has 1 N–H and O–H groups in total. The Balaban J connectivity index is 2.00. The quantitative estimate of drug-likeness (QED) is 0.815. The van der Waals surface area contributed by atoms with Crippen LogP contribution in [-0.2, 0) is 4.79 Å². The van der Waals surface area contributed by atoms with E-state index >= 15 is 0 Å². The molecule has 1 aromatic heterocycles. The second kappa shape index (κ2) is 3.87. The fourth-order valence-electron chi connectivity index (χ4n) is 2.56. The van der Waals surface area contributed by atoms with Crippen molar-refractivity contribution < 1.29 is 4.79 Å². The summed E-state index contributed by atoms with van der Waals surface area (Å²) in [5, 5.41) is 0. The number of hydrogen-bond donors (Lipinski definition) is 1. The standard InChI is InChI=1S/C13H15N3O/c1-9(17)16-8-4-7-12(16)13-14-10-5-2-3-6-11(10)15-13/h2-3,5-6,12H,4,7-8H2,1H3,(H,14,15). The smallest absolute Gasteiger partial charge is 0.220 e. The van der Waals surface area contributed by atoms with Crippen molar-refractivity contribution in [2.75, 3.05) is 6.54 Å². The van der Waals surface area contributed by atoms with Crippen molar-refractivity contribution in [3.05, 3.63) is 30.1 Å². The van der Waals surface area contributed by atoms with Crippen LogP contribution in [0.25, 0.3) is 11.0 Å². The number of para-hydroxylation sites is 2. The van der Waals surface area contributed by atoms with Crippen LogP contribution < -0.4 is 0 Å². The van der Waals surface area contributed by atoms with E-state index in [4.69, 9.17) is 0 Å². The molecule has 1 unspecified atom stereocenters. The van der Waals surface area contributed by atoms with Crippen LogP contribution in [0.5, 0.6) is 0 Å². The van der Waals surface area contributed by atoms with Gasteiger partial charge in [0.25, 0.3) is 0 Å². The van der Waals surface area contributed by atoms with E-state index in [9.17, 15) is 4.79 Å². The predicted octanol–water partition coefficient (Wildman–Crippen LogP) is 2.25. The molecule has 0 radical (unpaired) electrons. The summed E-state index contributed by atoms with van der Waals surface area (Å²) in [6, 6.07) is 8.09. The third-order valence-electron chi connectivity index (χ3n) is 3.38. The van der Waals surface area contributed by atoms with E-state index in [0.29, 0.717) is 0 Å². The first-order valence-electron chi connectivity index (χ1n) is 5.97. The molecule has 0 bridgehead atoms. The minimum atomic E-state index is 0.125. The third kappa shape index (κ3) is 1.69. The van der Waals surface area contributed by atoms with Crippen LogP contribution in [0.3, 0.4) is 0 Å². The van der Waals surface area contributed by atoms with Gasteiger partial charge in [0.1, 0.15) is 5.82 Å². The number of likely N-dealkylation sites (tertiary alicyclic amines) is 1. The second-order valence-corrected chi connectivity index (χ2v) is 4.51. The number of nitrogens with one attached hydrogen (secondary N) is 1. The Labute approximate surface area is 99.6 Å². The topological polar surface area (TPSA) is 49.0 Å². The molecule has 4 nitrogen and oxygen atoms in total. The van der Waals surface area contributed by atoms with Crippen LogP contribution in [-0.4, -0.2) is 27.3 Å². The summed E-state index contributed by atoms with van der Waals surface area (Å²) in [5.74, 6) is 1.05. The van der Waals surface area contributed by atoms with Crippen molar-refractivity contribution in [2.45, 2.75) is 25.8 Å². The second-order valence-electron chi connectivity index (χ2n) is 4.51. The first-order valence-corrected chi connectivity index (χ1v) is 5.97. The minimum Gasteiger partial charge on any atom is -0.340 e. The highest BCUT2D eigenvalue weighted by Crippen LogP contribution is 2.31. The Bertz CT molecular complexity index is 528. The molecule has 1 saturated heterocycles. The number of benzene rings is 1. The van der Waals surface area contributed by atoms with Crippen LogP contribution in [0.15, 0.2) is 24.3 Å². The molecule has 1 aromatic carbocycles. The molecule has 1 amide bonds. The van der Waals surface area contributed by atoms with Crippen molar-refractivity contribution in [3.8, 4) is 0 Å². The number of rotatable bonds is 1. The number of hydrogen-bond acceptors (Lipinski definition) is 2. The van der Waals surface area contributed by atoms with Crippen molar-refractivity contribution >= 4 is 16.9 Å². The Hall–Kier alpha value is -1.84. The average Bonchev–Trinajstić information content (AvgIpc) is 2.95. The largest absolute Gasteiger partial charge is 0.340 e. The monoisotopic (exact) mass is 229 g/mol. The zero-order chi connectivity index (χ0) is 11.8. The number of amides is 1. The summed E-state index contributed by atoms with van der Waals surface area (Å²) < 4.78 is 0. The molecule has 2 heterocycles. The van der Waals surface area contributed by atoms with E-state index < -0.39 is 0 Å². The van der Waals surface area contributed by atoms with Gasteiger partial charge in [0.2, 0.25) is 5.91 Å². The Morgan fingerprint density at radius 3 is 3.06 bits per heavy atom. The van der Waals surface area contributed by atoms with Crippen molar-refractivity contribution in [3.63, 3.8) is 0 Å². The van der Waals surface area contributed by atoms with Crippen LogP contribution >= 0.6 is 0 Å². The van der Waals surface area contributed by atoms with Crippen molar-refractivity contribution in [1.29, 1.82) is 0 Å². The highest BCUT2D eigenvalue weighted by atomic mass is 16.2. The SMILES string of the molecule is CC(=O)N1CCCC1c1nc2ccccc2[nH]1. The van der Waals surface area contributed by atoms with Gasteiger partial charge in [-0.25, -0.2) is 4.98 Å². The molecular formula is C13H15N3O. The molecule has 1 aliphatic rings. The van der Waals surface area contributed by atoms with E-state index in [1.807, 2.05) is 29.2 Å². The van der Waals surface area contributed by atoms with Gasteiger partial charge in [-0.2, -0.15) is 0 Å². The lowest BCUT2D eigenvalue weighted by Gasteiger charge is -2.21. The van der Waals surface area contributed by atoms with Gasteiger partial charge < -0.3 is 9.88 Å². The van der Waals surface area contributed by atoms with Gasteiger partial charge in [-0.1, -0.05) is 12.1 Å². The Morgan fingerprint density at radius 2 is 2.29 bits per heavy atom. The predicted molar refractivity (Wildman–Crippen MR) is 65.5 cm³/mol. The summed E-state index contributed by atoms with van der Waals surface area (Å²) >= 11 is 0. The number of fused-ring (bicyclic) bond motifs is 1. The van der Waals surface area contributed by atoms with Crippen LogP contribution in [0, 0.1) is 0 Å². The van der Waals surface area contributed by atoms with E-state index in [1.54, 1.807) is 6.92 Å². The van der Waals surface area contributed by atoms with Crippen LogP contribution in [0.4, 0.5) is 0 Å². The van der Waals surface area contributed by atoms with Gasteiger partial charge in [-0.05, 0) is 25.0 Å². The molecule has 1 atom stereocenters. The summed E-state index contributed by atoms with van der Waals surface area (Å²) in [6.07, 6.45) is 2.06. The first kappa shape index (κ1) is 10.3. The van der Waals surface area contributed by atoms with E-state index in [0.717, 1.165) is 36.2 Å². The maximum absolute atomic E-state index is 11.5. The molecular weight excluding hydrogens is 214 g/mol. The Morgan fingerprint density at radius 1 is 1.47 bits per heavy atom. The van der Waals surface area contributed by atoms with Gasteiger partial charge in [0, 0.05) is 13.5 Å². The van der Waals surface area contributed by atoms with E-state index in [1.165, 1.54) is 0 Å². The molecule has 0 saturated carbocycles. The molecule has 3 rings (SSSR count). The molecule has 0 aliphatic carbocycles. The number of nitrogens with zero attached hydrogens (tertiary/aromatic N) is 2. The maximum Gasteiger partial charge on any atom is 0.220 e. The summed E-state index contributed by atoms with van der Waals surface area (Å²) in [7, 11) is 0. The lowest BCUT2D eigenvalue weighted by Crippen LogP contribution is -2.28. The van der Waals surface area contributed by atoms with Crippen molar-refractivity contribution in [1.82, 2.24) is 14.9 Å². The van der Waals surface area contributed by atoms with Crippen LogP contribution in [0.2, 0.25) is 0 Å². The minimum absolute atomic E-state index is 0.125. The molecule has 0 spiro atoms. The normalized spacial score (nSPS) is 20.1. The van der Waals surface area contributed by atoms with Crippen molar-refractivity contribution in [2.24, 2.45) is 0 Å². The van der Waals surface area contributed by atoms with Gasteiger partial charge in [-0.15, -0.1) is 0 Å². The van der Waals surface area contributed by atoms with Crippen LogP contribution in [0.1, 0.15) is 31.6 Å². The molecule has 1 aliphatic heterocycles. The molecule has 4 heteroatoms. The van der Waals surface area contributed by atoms with E-state index in [2.05, 4.69) is 9.97 Å². The highest BCUT2D eigenvalue weighted by molar-refractivity contribution is 5.76. The lowest BCUT2D eigenvalue weighted by molar-refractivity contribution is -0.129. The highest BCUT2D eigenvalue weighted by Gasteiger charge is 2.29. The Kier molecular flexibility index (Phi) is 2.35. The number of imidazole rings is 1. The fraction of sp³-hybridized carbons (Fsp3) is 0.385. The maximum atomic E-state index is 11.5. The number of carbonyl (C=O) groups is 1. The van der Waals surface area contributed by atoms with Gasteiger partial charge in [0.15, 0.2) is 0 Å². The van der Waals surface area contributed by atoms with Gasteiger partial charge >= 0.3 is 0 Å². The van der Waals surface area contributed by atoms with Gasteiger partial charge in [0.05, 0.1) is 17.1 Å². The zero-order valence-electron chi connectivity index (χ0n) is 9.81. The zero-order valence-corrected chi connectivity index (χ0v) is 9.81. The number of H-pyrrole nitrogens is 1. The molecule has 17 heavy (non-hydrogen) atoms. The summed E-state index contributed by atoms with van der Waals surface area (Å²) in [4.78, 5) is 21.3. The fourth-order valence-corrected chi connectivity index (χ4v) is 2.56. The average molecular weight is 229 g/mol. The molecule has 2 aromatic rings. The summed E-state index contributed by atoms with van der Waals surface area (Å²) in [5.41, 5.74) is 2.01. The number of carbonyl (C=O) groups excluding carboxylic acids is 1. The number of aromatic nitrogens is 2. The lowest BCUT2D eigenvalue weighted by atomic mass is 10.2. The number of aromatic amines is 1.